The zero-order valence-electron chi connectivity index (χ0n) is 19.1. The molecule has 0 fully saturated rings. The van der Waals surface area contributed by atoms with E-state index in [0.717, 1.165) is 24.0 Å². The van der Waals surface area contributed by atoms with E-state index >= 15 is 0 Å². The van der Waals surface area contributed by atoms with Crippen LogP contribution in [-0.2, 0) is 27.7 Å². The van der Waals surface area contributed by atoms with E-state index in [1.807, 2.05) is 19.9 Å². The number of rotatable bonds is 7. The van der Waals surface area contributed by atoms with Gasteiger partial charge in [-0.05, 0) is 80.5 Å². The van der Waals surface area contributed by atoms with Gasteiger partial charge in [-0.3, -0.25) is 9.10 Å². The minimum absolute atomic E-state index is 0.160. The number of benzene rings is 3. The highest BCUT2D eigenvalue weighted by molar-refractivity contribution is 7.92. The monoisotopic (exact) mass is 462 g/mol. The molecule has 0 radical (unpaired) electrons. The Bertz CT molecular complexity index is 1220. The van der Waals surface area contributed by atoms with Gasteiger partial charge in [-0.25, -0.2) is 8.42 Å². The maximum absolute atomic E-state index is 13.4. The predicted octanol–water partition coefficient (Wildman–Crippen LogP) is 4.95. The summed E-state index contributed by atoms with van der Waals surface area (Å²) in [5.41, 5.74) is 5.21. The van der Waals surface area contributed by atoms with Crippen molar-refractivity contribution in [2.45, 2.75) is 50.5 Å². The molecule has 0 aliphatic heterocycles. The van der Waals surface area contributed by atoms with Gasteiger partial charge in [-0.1, -0.05) is 54.1 Å². The van der Waals surface area contributed by atoms with Crippen LogP contribution in [0.4, 0.5) is 5.69 Å². The SMILES string of the molecule is Cc1ccc(S(=O)(=O)N(CC(=O)NC(C)c2ccc3c(c2)CCCC3)c2ccccc2)cc1. The molecule has 3 aromatic carbocycles. The lowest BCUT2D eigenvalue weighted by molar-refractivity contribution is -0.120. The fourth-order valence-corrected chi connectivity index (χ4v) is 5.69. The first-order valence-electron chi connectivity index (χ1n) is 11.4. The standard InChI is InChI=1S/C27H30N2O3S/c1-20-12-16-26(17-13-20)33(31,32)29(25-10-4-3-5-11-25)19-27(30)28-21(2)23-15-14-22-8-6-7-9-24(22)18-23/h3-5,10-18,21H,6-9,19H2,1-2H3,(H,28,30). The third-order valence-corrected chi connectivity index (χ3v) is 7.98. The summed E-state index contributed by atoms with van der Waals surface area (Å²) in [7, 11) is -3.91. The molecule has 5 nitrogen and oxygen atoms in total. The molecule has 0 heterocycles. The molecule has 1 aliphatic rings. The van der Waals surface area contributed by atoms with E-state index in [0.29, 0.717) is 5.69 Å². The van der Waals surface area contributed by atoms with Crippen LogP contribution in [0.3, 0.4) is 0 Å². The van der Waals surface area contributed by atoms with Gasteiger partial charge < -0.3 is 5.32 Å². The predicted molar refractivity (Wildman–Crippen MR) is 132 cm³/mol. The van der Waals surface area contributed by atoms with Crippen molar-refractivity contribution < 1.29 is 13.2 Å². The molecule has 1 aliphatic carbocycles. The summed E-state index contributed by atoms with van der Waals surface area (Å²) in [6, 6.07) is 21.6. The second kappa shape index (κ2) is 9.79. The van der Waals surface area contributed by atoms with Crippen molar-refractivity contribution in [2.24, 2.45) is 0 Å². The van der Waals surface area contributed by atoms with E-state index in [9.17, 15) is 13.2 Å². The second-order valence-corrected chi connectivity index (χ2v) is 10.5. The van der Waals surface area contributed by atoms with Gasteiger partial charge in [0.05, 0.1) is 16.6 Å². The van der Waals surface area contributed by atoms with Gasteiger partial charge in [0.1, 0.15) is 6.54 Å². The van der Waals surface area contributed by atoms with Gasteiger partial charge in [0.15, 0.2) is 0 Å². The second-order valence-electron chi connectivity index (χ2n) is 8.68. The summed E-state index contributed by atoms with van der Waals surface area (Å²) < 4.78 is 28.1. The molecule has 1 unspecified atom stereocenters. The highest BCUT2D eigenvalue weighted by atomic mass is 32.2. The number of nitrogens with one attached hydrogen (secondary N) is 1. The fraction of sp³-hybridized carbons (Fsp3) is 0.296. The first-order chi connectivity index (χ1) is 15.8. The summed E-state index contributed by atoms with van der Waals surface area (Å²) in [5, 5.41) is 2.99. The van der Waals surface area contributed by atoms with Crippen LogP contribution in [0, 0.1) is 6.92 Å². The van der Waals surface area contributed by atoms with Crippen molar-refractivity contribution in [2.75, 3.05) is 10.8 Å². The molecule has 0 spiro atoms. The number of carbonyl (C=O) groups is 1. The molecule has 1 N–H and O–H groups in total. The molecule has 3 aromatic rings. The molecule has 0 aromatic heterocycles. The average Bonchev–Trinajstić information content (AvgIpc) is 2.83. The molecule has 0 saturated heterocycles. The summed E-state index contributed by atoms with van der Waals surface area (Å²) >= 11 is 0. The molecule has 1 atom stereocenters. The van der Waals surface area contributed by atoms with E-state index in [1.165, 1.54) is 28.3 Å². The van der Waals surface area contributed by atoms with Crippen molar-refractivity contribution in [3.8, 4) is 0 Å². The number of nitrogens with zero attached hydrogens (tertiary/aromatic N) is 1. The van der Waals surface area contributed by atoms with Crippen molar-refractivity contribution >= 4 is 21.6 Å². The van der Waals surface area contributed by atoms with E-state index in [4.69, 9.17) is 0 Å². The third kappa shape index (κ3) is 5.28. The van der Waals surface area contributed by atoms with Crippen molar-refractivity contribution in [1.82, 2.24) is 5.32 Å². The fourth-order valence-electron chi connectivity index (χ4n) is 4.27. The van der Waals surface area contributed by atoms with Crippen LogP contribution < -0.4 is 9.62 Å². The minimum Gasteiger partial charge on any atom is -0.348 e. The largest absolute Gasteiger partial charge is 0.348 e. The zero-order valence-corrected chi connectivity index (χ0v) is 19.9. The van der Waals surface area contributed by atoms with Gasteiger partial charge in [0, 0.05) is 0 Å². The molecule has 0 saturated carbocycles. The van der Waals surface area contributed by atoms with Crippen LogP contribution in [0.25, 0.3) is 0 Å². The van der Waals surface area contributed by atoms with E-state index in [-0.39, 0.29) is 23.4 Å². The molecular formula is C27H30N2O3S. The van der Waals surface area contributed by atoms with Crippen LogP contribution in [0.15, 0.2) is 77.7 Å². The van der Waals surface area contributed by atoms with Crippen LogP contribution in [0.1, 0.15) is 48.1 Å². The van der Waals surface area contributed by atoms with Gasteiger partial charge in [-0.2, -0.15) is 0 Å². The number of carbonyl (C=O) groups excluding carboxylic acids is 1. The Balaban J connectivity index is 1.55. The lowest BCUT2D eigenvalue weighted by Gasteiger charge is -2.25. The molecule has 33 heavy (non-hydrogen) atoms. The Morgan fingerprint density at radius 1 is 0.939 bits per heavy atom. The van der Waals surface area contributed by atoms with Gasteiger partial charge in [-0.15, -0.1) is 0 Å². The quantitative estimate of drug-likeness (QED) is 0.540. The number of amides is 1. The van der Waals surface area contributed by atoms with Crippen LogP contribution >= 0.6 is 0 Å². The topological polar surface area (TPSA) is 66.5 Å². The number of anilines is 1. The number of hydrogen-bond acceptors (Lipinski definition) is 3. The average molecular weight is 463 g/mol. The molecule has 1 amide bonds. The van der Waals surface area contributed by atoms with Crippen molar-refractivity contribution in [3.63, 3.8) is 0 Å². The van der Waals surface area contributed by atoms with Gasteiger partial charge >= 0.3 is 0 Å². The number of para-hydroxylation sites is 1. The van der Waals surface area contributed by atoms with Crippen molar-refractivity contribution in [3.05, 3.63) is 95.1 Å². The van der Waals surface area contributed by atoms with Crippen molar-refractivity contribution in [1.29, 1.82) is 0 Å². The Morgan fingerprint density at radius 3 is 2.30 bits per heavy atom. The highest BCUT2D eigenvalue weighted by Crippen LogP contribution is 2.26. The first kappa shape index (κ1) is 23.1. The lowest BCUT2D eigenvalue weighted by atomic mass is 9.89. The van der Waals surface area contributed by atoms with Gasteiger partial charge in [0.25, 0.3) is 10.0 Å². The maximum Gasteiger partial charge on any atom is 0.264 e. The van der Waals surface area contributed by atoms with Gasteiger partial charge in [0.2, 0.25) is 5.91 Å². The summed E-state index contributed by atoms with van der Waals surface area (Å²) in [6.07, 6.45) is 4.60. The maximum atomic E-state index is 13.4. The Morgan fingerprint density at radius 2 is 1.61 bits per heavy atom. The van der Waals surface area contributed by atoms with Crippen LogP contribution in [-0.4, -0.2) is 20.9 Å². The van der Waals surface area contributed by atoms with Crippen LogP contribution in [0.2, 0.25) is 0 Å². The van der Waals surface area contributed by atoms with E-state index < -0.39 is 10.0 Å². The Labute approximate surface area is 196 Å². The Hall–Kier alpha value is -3.12. The normalized spacial score (nSPS) is 14.2. The highest BCUT2D eigenvalue weighted by Gasteiger charge is 2.27. The zero-order chi connectivity index (χ0) is 23.4. The summed E-state index contributed by atoms with van der Waals surface area (Å²) in [6.45, 7) is 3.54. The molecule has 0 bridgehead atoms. The molecule has 4 rings (SSSR count). The van der Waals surface area contributed by atoms with E-state index in [2.05, 4.69) is 23.5 Å². The molecule has 6 heteroatoms. The number of fused-ring (bicyclic) bond motifs is 1. The summed E-state index contributed by atoms with van der Waals surface area (Å²) in [4.78, 5) is 13.2. The molecular weight excluding hydrogens is 432 g/mol. The van der Waals surface area contributed by atoms with E-state index in [1.54, 1.807) is 48.5 Å². The number of hydrogen-bond donors (Lipinski definition) is 1. The third-order valence-electron chi connectivity index (χ3n) is 6.19. The number of sulfonamides is 1. The first-order valence-corrected chi connectivity index (χ1v) is 12.8. The number of aryl methyl sites for hydroxylation is 3. The van der Waals surface area contributed by atoms with Crippen LogP contribution in [0.5, 0.6) is 0 Å². The smallest absolute Gasteiger partial charge is 0.264 e. The molecule has 172 valence electrons. The summed E-state index contributed by atoms with van der Waals surface area (Å²) in [5.74, 6) is -0.347. The Kier molecular flexibility index (Phi) is 6.84. The lowest BCUT2D eigenvalue weighted by Crippen LogP contribution is -2.41. The minimum atomic E-state index is -3.91.